The normalized spacial score (nSPS) is 20.4. The molecule has 1 fully saturated rings. The van der Waals surface area contributed by atoms with E-state index in [1.165, 1.54) is 6.08 Å². The van der Waals surface area contributed by atoms with Crippen LogP contribution >= 0.6 is 0 Å². The number of ketones is 1. The molecule has 1 rings (SSSR count). The summed E-state index contributed by atoms with van der Waals surface area (Å²) in [6.45, 7) is 0. The SMILES string of the molecule is O=C(C=CO)C1CCCC1. The number of aliphatic hydroxyl groups is 1. The number of carbonyl (C=O) groups excluding carboxylic acids is 1. The van der Waals surface area contributed by atoms with E-state index in [2.05, 4.69) is 0 Å². The minimum atomic E-state index is 0.0833. The first-order valence-corrected chi connectivity index (χ1v) is 3.69. The van der Waals surface area contributed by atoms with E-state index >= 15 is 0 Å². The molecule has 0 heterocycles. The molecule has 0 aromatic heterocycles. The van der Waals surface area contributed by atoms with Gasteiger partial charge in [0.05, 0.1) is 6.26 Å². The van der Waals surface area contributed by atoms with Gasteiger partial charge in [0.15, 0.2) is 5.78 Å². The smallest absolute Gasteiger partial charge is 0.161 e. The van der Waals surface area contributed by atoms with Crippen molar-refractivity contribution in [3.05, 3.63) is 12.3 Å². The van der Waals surface area contributed by atoms with Crippen LogP contribution in [0.15, 0.2) is 12.3 Å². The van der Waals surface area contributed by atoms with Crippen molar-refractivity contribution >= 4 is 5.78 Å². The van der Waals surface area contributed by atoms with Gasteiger partial charge >= 0.3 is 0 Å². The number of carbonyl (C=O) groups is 1. The van der Waals surface area contributed by atoms with Crippen LogP contribution in [0.3, 0.4) is 0 Å². The molecule has 2 heteroatoms. The molecular weight excluding hydrogens is 128 g/mol. The summed E-state index contributed by atoms with van der Waals surface area (Å²) in [5.41, 5.74) is 0. The molecular formula is C8H12O2. The van der Waals surface area contributed by atoms with Gasteiger partial charge in [0.2, 0.25) is 0 Å². The van der Waals surface area contributed by atoms with Gasteiger partial charge in [-0.2, -0.15) is 0 Å². The first kappa shape index (κ1) is 7.32. The predicted octanol–water partition coefficient (Wildman–Crippen LogP) is 1.82. The lowest BCUT2D eigenvalue weighted by Gasteiger charge is -2.00. The fourth-order valence-electron chi connectivity index (χ4n) is 1.42. The van der Waals surface area contributed by atoms with Gasteiger partial charge in [-0.05, 0) is 12.8 Å². The zero-order chi connectivity index (χ0) is 7.40. The third-order valence-electron chi connectivity index (χ3n) is 2.00. The van der Waals surface area contributed by atoms with E-state index in [-0.39, 0.29) is 11.7 Å². The molecule has 1 saturated carbocycles. The lowest BCUT2D eigenvalue weighted by Crippen LogP contribution is -2.06. The maximum absolute atomic E-state index is 11.0. The molecule has 0 aromatic carbocycles. The molecule has 1 aliphatic carbocycles. The summed E-state index contributed by atoms with van der Waals surface area (Å²) in [5.74, 6) is 0.281. The van der Waals surface area contributed by atoms with Crippen molar-refractivity contribution < 1.29 is 9.90 Å². The Kier molecular flexibility index (Phi) is 2.49. The van der Waals surface area contributed by atoms with E-state index in [0.717, 1.165) is 31.9 Å². The molecule has 1 N–H and O–H groups in total. The van der Waals surface area contributed by atoms with Crippen molar-refractivity contribution in [1.29, 1.82) is 0 Å². The Morgan fingerprint density at radius 3 is 2.50 bits per heavy atom. The van der Waals surface area contributed by atoms with Crippen molar-refractivity contribution in [3.8, 4) is 0 Å². The van der Waals surface area contributed by atoms with Gasteiger partial charge in [0.1, 0.15) is 0 Å². The number of allylic oxidation sites excluding steroid dienone is 1. The Morgan fingerprint density at radius 1 is 1.40 bits per heavy atom. The fourth-order valence-corrected chi connectivity index (χ4v) is 1.42. The molecule has 1 aliphatic rings. The number of hydrogen-bond donors (Lipinski definition) is 1. The van der Waals surface area contributed by atoms with Crippen molar-refractivity contribution in [3.63, 3.8) is 0 Å². The van der Waals surface area contributed by atoms with Crippen molar-refractivity contribution in [1.82, 2.24) is 0 Å². The molecule has 0 atom stereocenters. The van der Waals surface area contributed by atoms with E-state index in [0.29, 0.717) is 0 Å². The van der Waals surface area contributed by atoms with E-state index in [9.17, 15) is 4.79 Å². The molecule has 0 aliphatic heterocycles. The van der Waals surface area contributed by atoms with E-state index in [1.54, 1.807) is 0 Å². The molecule has 0 radical (unpaired) electrons. The van der Waals surface area contributed by atoms with Gasteiger partial charge in [-0.25, -0.2) is 0 Å². The molecule has 0 unspecified atom stereocenters. The van der Waals surface area contributed by atoms with Crippen LogP contribution in [0.2, 0.25) is 0 Å². The Morgan fingerprint density at radius 2 is 2.00 bits per heavy atom. The van der Waals surface area contributed by atoms with Crippen molar-refractivity contribution in [2.45, 2.75) is 25.7 Å². The summed E-state index contributed by atoms with van der Waals surface area (Å²) >= 11 is 0. The second kappa shape index (κ2) is 3.40. The second-order valence-electron chi connectivity index (χ2n) is 2.70. The van der Waals surface area contributed by atoms with Gasteiger partial charge in [0, 0.05) is 12.0 Å². The van der Waals surface area contributed by atoms with Crippen molar-refractivity contribution in [2.75, 3.05) is 0 Å². The van der Waals surface area contributed by atoms with Crippen LogP contribution < -0.4 is 0 Å². The average molecular weight is 140 g/mol. The maximum Gasteiger partial charge on any atom is 0.161 e. The molecule has 56 valence electrons. The number of aliphatic hydroxyl groups excluding tert-OH is 1. The van der Waals surface area contributed by atoms with Crippen molar-refractivity contribution in [2.24, 2.45) is 5.92 Å². The maximum atomic E-state index is 11.0. The third-order valence-corrected chi connectivity index (χ3v) is 2.00. The minimum Gasteiger partial charge on any atom is -0.515 e. The molecule has 0 aromatic rings. The minimum absolute atomic E-state index is 0.0833. The Hall–Kier alpha value is -0.790. The second-order valence-corrected chi connectivity index (χ2v) is 2.70. The monoisotopic (exact) mass is 140 g/mol. The molecule has 2 nitrogen and oxygen atoms in total. The summed E-state index contributed by atoms with van der Waals surface area (Å²) < 4.78 is 0. The average Bonchev–Trinajstić information content (AvgIpc) is 2.38. The molecule has 0 spiro atoms. The van der Waals surface area contributed by atoms with Crippen LogP contribution in [0.5, 0.6) is 0 Å². The number of rotatable bonds is 2. The van der Waals surface area contributed by atoms with Crippen LogP contribution in [0.4, 0.5) is 0 Å². The van der Waals surface area contributed by atoms with Gasteiger partial charge in [-0.1, -0.05) is 12.8 Å². The van der Waals surface area contributed by atoms with E-state index < -0.39 is 0 Å². The zero-order valence-corrected chi connectivity index (χ0v) is 5.92. The first-order chi connectivity index (χ1) is 4.84. The third kappa shape index (κ3) is 1.59. The van der Waals surface area contributed by atoms with Crippen LogP contribution in [-0.4, -0.2) is 10.9 Å². The predicted molar refractivity (Wildman–Crippen MR) is 38.7 cm³/mol. The van der Waals surface area contributed by atoms with Crippen LogP contribution in [0.1, 0.15) is 25.7 Å². The van der Waals surface area contributed by atoms with E-state index in [4.69, 9.17) is 5.11 Å². The molecule has 0 saturated heterocycles. The zero-order valence-electron chi connectivity index (χ0n) is 5.92. The van der Waals surface area contributed by atoms with Gasteiger partial charge in [0.25, 0.3) is 0 Å². The Balaban J connectivity index is 2.40. The van der Waals surface area contributed by atoms with Crippen LogP contribution in [0.25, 0.3) is 0 Å². The summed E-state index contributed by atoms with van der Waals surface area (Å²) in [5, 5.41) is 8.30. The lowest BCUT2D eigenvalue weighted by molar-refractivity contribution is -0.118. The lowest BCUT2D eigenvalue weighted by atomic mass is 10.0. The van der Waals surface area contributed by atoms with Crippen LogP contribution in [-0.2, 0) is 4.79 Å². The summed E-state index contributed by atoms with van der Waals surface area (Å²) in [6, 6.07) is 0. The Labute approximate surface area is 60.6 Å². The largest absolute Gasteiger partial charge is 0.515 e. The van der Waals surface area contributed by atoms with Gasteiger partial charge in [-0.15, -0.1) is 0 Å². The quantitative estimate of drug-likeness (QED) is 0.469. The number of hydrogen-bond acceptors (Lipinski definition) is 2. The molecule has 10 heavy (non-hydrogen) atoms. The van der Waals surface area contributed by atoms with E-state index in [1.807, 2.05) is 0 Å². The summed E-state index contributed by atoms with van der Waals surface area (Å²) in [7, 11) is 0. The van der Waals surface area contributed by atoms with Crippen LogP contribution in [0, 0.1) is 5.92 Å². The first-order valence-electron chi connectivity index (χ1n) is 3.69. The summed E-state index contributed by atoms with van der Waals surface area (Å²) in [6.07, 6.45) is 6.42. The standard InChI is InChI=1S/C8H12O2/c9-6-5-8(10)7-3-1-2-4-7/h5-7,9H,1-4H2. The van der Waals surface area contributed by atoms with Gasteiger partial charge in [-0.3, -0.25) is 4.79 Å². The highest BCUT2D eigenvalue weighted by Gasteiger charge is 2.20. The highest BCUT2D eigenvalue weighted by atomic mass is 16.2. The Bertz CT molecular complexity index is 143. The fraction of sp³-hybridized carbons (Fsp3) is 0.625. The molecule has 0 bridgehead atoms. The summed E-state index contributed by atoms with van der Waals surface area (Å²) in [4.78, 5) is 11.0. The van der Waals surface area contributed by atoms with Gasteiger partial charge < -0.3 is 5.11 Å². The highest BCUT2D eigenvalue weighted by Crippen LogP contribution is 2.25. The highest BCUT2D eigenvalue weighted by molar-refractivity contribution is 5.91. The molecule has 0 amide bonds. The topological polar surface area (TPSA) is 37.3 Å².